The maximum absolute atomic E-state index is 13.1. The molecule has 0 bridgehead atoms. The number of nitrogens with zero attached hydrogens (tertiary/aromatic N) is 3. The number of alkyl halides is 3. The fraction of sp³-hybridized carbons (Fsp3) is 0.533. The van der Waals surface area contributed by atoms with E-state index in [0.717, 1.165) is 25.7 Å². The monoisotopic (exact) mass is 341 g/mol. The molecule has 0 aromatic carbocycles. The second-order valence-corrected chi connectivity index (χ2v) is 5.86. The molecule has 0 atom stereocenters. The van der Waals surface area contributed by atoms with Crippen molar-refractivity contribution >= 4 is 22.7 Å². The number of hydrogen-bond donors (Lipinski definition) is 2. The zero-order chi connectivity index (χ0) is 17.3. The first-order valence-corrected chi connectivity index (χ1v) is 7.66. The summed E-state index contributed by atoms with van der Waals surface area (Å²) in [5.41, 5.74) is 4.49. The molecule has 9 heteroatoms. The number of anilines is 2. The lowest BCUT2D eigenvalue weighted by Gasteiger charge is -2.28. The summed E-state index contributed by atoms with van der Waals surface area (Å²) < 4.78 is 44.7. The number of fused-ring (bicyclic) bond motifs is 1. The highest BCUT2D eigenvalue weighted by atomic mass is 19.4. The molecule has 0 aliphatic heterocycles. The average molecular weight is 341 g/mol. The highest BCUT2D eigenvalue weighted by Crippen LogP contribution is 2.35. The Balaban J connectivity index is 1.88. The molecule has 1 aliphatic rings. The molecule has 1 saturated carbocycles. The number of methoxy groups -OCH3 is 1. The molecule has 2 aromatic rings. The highest BCUT2D eigenvalue weighted by molar-refractivity contribution is 5.90. The Hall–Kier alpha value is -2.16. The second kappa shape index (κ2) is 6.39. The number of nitrogen functional groups attached to an aromatic ring is 1. The van der Waals surface area contributed by atoms with E-state index in [-0.39, 0.29) is 34.8 Å². The summed E-state index contributed by atoms with van der Waals surface area (Å²) in [7, 11) is 1.68. The van der Waals surface area contributed by atoms with Crippen molar-refractivity contribution in [2.75, 3.05) is 18.2 Å². The summed E-state index contributed by atoms with van der Waals surface area (Å²) in [6.45, 7) is 0. The van der Waals surface area contributed by atoms with Gasteiger partial charge in [-0.2, -0.15) is 13.2 Å². The van der Waals surface area contributed by atoms with Crippen molar-refractivity contribution in [2.24, 2.45) is 0 Å². The summed E-state index contributed by atoms with van der Waals surface area (Å²) in [6, 6.07) is 0.113. The van der Waals surface area contributed by atoms with Crippen LogP contribution in [0.5, 0.6) is 0 Å². The van der Waals surface area contributed by atoms with Crippen LogP contribution in [-0.2, 0) is 10.9 Å². The van der Waals surface area contributed by atoms with Crippen molar-refractivity contribution in [2.45, 2.75) is 44.0 Å². The van der Waals surface area contributed by atoms with Gasteiger partial charge in [0.2, 0.25) is 5.95 Å². The highest BCUT2D eigenvalue weighted by Gasteiger charge is 2.34. The molecular formula is C15H18F3N5O. The van der Waals surface area contributed by atoms with E-state index in [1.54, 1.807) is 7.11 Å². The third kappa shape index (κ3) is 3.35. The van der Waals surface area contributed by atoms with E-state index in [4.69, 9.17) is 10.5 Å². The van der Waals surface area contributed by atoms with Crippen LogP contribution in [0.2, 0.25) is 0 Å². The smallest absolute Gasteiger partial charge is 0.383 e. The van der Waals surface area contributed by atoms with Gasteiger partial charge < -0.3 is 15.8 Å². The number of hydrogen-bond acceptors (Lipinski definition) is 6. The number of pyridine rings is 1. The average Bonchev–Trinajstić information content (AvgIpc) is 2.54. The van der Waals surface area contributed by atoms with Crippen molar-refractivity contribution in [1.82, 2.24) is 15.0 Å². The Kier molecular flexibility index (Phi) is 4.44. The molecule has 2 heterocycles. The molecule has 0 radical (unpaired) electrons. The SMILES string of the molecule is CO[C@H]1CC[C@H](Nc2ncc3c(N)ncc(C(F)(F)F)c3n2)CC1. The number of ether oxygens (including phenoxy) is 1. The molecule has 1 fully saturated rings. The van der Waals surface area contributed by atoms with Crippen molar-refractivity contribution in [3.05, 3.63) is 18.0 Å². The van der Waals surface area contributed by atoms with Gasteiger partial charge >= 0.3 is 6.18 Å². The number of halogens is 3. The quantitative estimate of drug-likeness (QED) is 0.893. The van der Waals surface area contributed by atoms with Crippen LogP contribution in [0.1, 0.15) is 31.2 Å². The Labute approximate surface area is 136 Å². The molecule has 0 amide bonds. The lowest BCUT2D eigenvalue weighted by Crippen LogP contribution is -2.29. The van der Waals surface area contributed by atoms with Gasteiger partial charge in [0.05, 0.1) is 17.0 Å². The van der Waals surface area contributed by atoms with Gasteiger partial charge in [0, 0.05) is 25.5 Å². The van der Waals surface area contributed by atoms with Crippen molar-refractivity contribution in [3.63, 3.8) is 0 Å². The largest absolute Gasteiger partial charge is 0.419 e. The van der Waals surface area contributed by atoms with E-state index in [1.807, 2.05) is 0 Å². The van der Waals surface area contributed by atoms with Gasteiger partial charge in [-0.05, 0) is 25.7 Å². The van der Waals surface area contributed by atoms with Crippen LogP contribution in [0.15, 0.2) is 12.4 Å². The first kappa shape index (κ1) is 16.7. The molecule has 130 valence electrons. The standard InChI is InChI=1S/C15H18F3N5O/c1-24-9-4-2-8(3-5-9)22-14-21-6-10-12(23-14)11(15(16,17)18)7-20-13(10)19/h6-9H,2-5H2,1H3,(H2,19,20)(H,21,22,23)/t8-,9-. The summed E-state index contributed by atoms with van der Waals surface area (Å²) in [5, 5.41) is 3.21. The van der Waals surface area contributed by atoms with Crippen LogP contribution in [0.4, 0.5) is 24.9 Å². The molecule has 0 saturated heterocycles. The molecule has 24 heavy (non-hydrogen) atoms. The molecular weight excluding hydrogens is 323 g/mol. The van der Waals surface area contributed by atoms with Crippen LogP contribution < -0.4 is 11.1 Å². The Bertz CT molecular complexity index is 729. The molecule has 2 aromatic heterocycles. The van der Waals surface area contributed by atoms with Crippen LogP contribution in [0.25, 0.3) is 10.9 Å². The molecule has 1 aliphatic carbocycles. The molecule has 0 unspecified atom stereocenters. The third-order valence-corrected chi connectivity index (χ3v) is 4.30. The maximum atomic E-state index is 13.1. The second-order valence-electron chi connectivity index (χ2n) is 5.86. The number of aromatic nitrogens is 3. The van der Waals surface area contributed by atoms with Gasteiger partial charge in [-0.3, -0.25) is 0 Å². The summed E-state index contributed by atoms with van der Waals surface area (Å²) in [5.74, 6) is 0.143. The first-order valence-electron chi connectivity index (χ1n) is 7.66. The molecule has 0 spiro atoms. The zero-order valence-electron chi connectivity index (χ0n) is 13.1. The minimum atomic E-state index is -4.55. The van der Waals surface area contributed by atoms with E-state index < -0.39 is 11.7 Å². The predicted octanol–water partition coefficient (Wildman–Crippen LogP) is 3.00. The van der Waals surface area contributed by atoms with Gasteiger partial charge in [-0.25, -0.2) is 15.0 Å². The number of rotatable bonds is 3. The zero-order valence-corrected chi connectivity index (χ0v) is 13.1. The van der Waals surface area contributed by atoms with Crippen LogP contribution in [-0.4, -0.2) is 34.2 Å². The fourth-order valence-electron chi connectivity index (χ4n) is 2.94. The summed E-state index contributed by atoms with van der Waals surface area (Å²) in [6.07, 6.45) is 1.17. The Morgan fingerprint density at radius 1 is 1.17 bits per heavy atom. The summed E-state index contributed by atoms with van der Waals surface area (Å²) >= 11 is 0. The van der Waals surface area contributed by atoms with Gasteiger partial charge in [0.1, 0.15) is 11.4 Å². The molecule has 3 rings (SSSR count). The van der Waals surface area contributed by atoms with E-state index in [9.17, 15) is 13.2 Å². The van der Waals surface area contributed by atoms with Crippen molar-refractivity contribution < 1.29 is 17.9 Å². The molecule has 3 N–H and O–H groups in total. The fourth-order valence-corrected chi connectivity index (χ4v) is 2.94. The predicted molar refractivity (Wildman–Crippen MR) is 83.4 cm³/mol. The Morgan fingerprint density at radius 2 is 1.88 bits per heavy atom. The number of nitrogens with one attached hydrogen (secondary N) is 1. The van der Waals surface area contributed by atoms with Gasteiger partial charge in [0.15, 0.2) is 0 Å². The summed E-state index contributed by atoms with van der Waals surface area (Å²) in [4.78, 5) is 11.7. The third-order valence-electron chi connectivity index (χ3n) is 4.30. The molecule has 6 nitrogen and oxygen atoms in total. The maximum Gasteiger partial charge on any atom is 0.419 e. The first-order chi connectivity index (χ1) is 11.4. The topological polar surface area (TPSA) is 86.0 Å². The normalized spacial score (nSPS) is 21.8. The van der Waals surface area contributed by atoms with E-state index in [2.05, 4.69) is 20.3 Å². The minimum Gasteiger partial charge on any atom is -0.383 e. The van der Waals surface area contributed by atoms with Crippen molar-refractivity contribution in [1.29, 1.82) is 0 Å². The van der Waals surface area contributed by atoms with Crippen LogP contribution in [0.3, 0.4) is 0 Å². The number of nitrogens with two attached hydrogens (primary N) is 1. The van der Waals surface area contributed by atoms with E-state index in [1.165, 1.54) is 6.20 Å². The van der Waals surface area contributed by atoms with Crippen LogP contribution in [0, 0.1) is 0 Å². The van der Waals surface area contributed by atoms with E-state index in [0.29, 0.717) is 6.20 Å². The van der Waals surface area contributed by atoms with E-state index >= 15 is 0 Å². The van der Waals surface area contributed by atoms with Gasteiger partial charge in [-0.1, -0.05) is 0 Å². The van der Waals surface area contributed by atoms with Crippen molar-refractivity contribution in [3.8, 4) is 0 Å². The lowest BCUT2D eigenvalue weighted by molar-refractivity contribution is -0.136. The van der Waals surface area contributed by atoms with Crippen LogP contribution >= 0.6 is 0 Å². The Morgan fingerprint density at radius 3 is 2.50 bits per heavy atom. The van der Waals surface area contributed by atoms with Gasteiger partial charge in [0.25, 0.3) is 0 Å². The lowest BCUT2D eigenvalue weighted by atomic mass is 9.93. The van der Waals surface area contributed by atoms with Gasteiger partial charge in [-0.15, -0.1) is 0 Å². The minimum absolute atomic E-state index is 0.0230.